The number of carbonyl (C=O) groups is 1. The second-order valence-corrected chi connectivity index (χ2v) is 5.38. The first kappa shape index (κ1) is 17.8. The van der Waals surface area contributed by atoms with Crippen molar-refractivity contribution in [3.05, 3.63) is 48.1 Å². The average molecular weight is 303 g/mol. The summed E-state index contributed by atoms with van der Waals surface area (Å²) < 4.78 is 5.03. The van der Waals surface area contributed by atoms with E-state index in [0.717, 1.165) is 5.56 Å². The van der Waals surface area contributed by atoms with Gasteiger partial charge in [-0.25, -0.2) is 0 Å². The van der Waals surface area contributed by atoms with Gasteiger partial charge in [-0.05, 0) is 30.0 Å². The molecule has 1 aromatic rings. The molecule has 0 fully saturated rings. The number of hydrogen-bond acceptors (Lipinski definition) is 3. The fraction of sp³-hybridized carbons (Fsp3) is 0.389. The van der Waals surface area contributed by atoms with Crippen LogP contribution in [0.4, 0.5) is 0 Å². The van der Waals surface area contributed by atoms with Crippen LogP contribution in [0.1, 0.15) is 32.3 Å². The van der Waals surface area contributed by atoms with Gasteiger partial charge in [-0.1, -0.05) is 44.2 Å². The Bertz CT molecular complexity index is 533. The zero-order chi connectivity index (χ0) is 16.4. The van der Waals surface area contributed by atoms with Gasteiger partial charge in [-0.3, -0.25) is 4.79 Å². The van der Waals surface area contributed by atoms with Gasteiger partial charge in [-0.15, -0.1) is 0 Å². The number of aromatic hydroxyl groups is 1. The van der Waals surface area contributed by atoms with Crippen molar-refractivity contribution >= 4 is 5.91 Å². The van der Waals surface area contributed by atoms with Crippen molar-refractivity contribution < 1.29 is 14.6 Å². The molecule has 1 rings (SSSR count). The van der Waals surface area contributed by atoms with Crippen LogP contribution in [0, 0.1) is 5.92 Å². The van der Waals surface area contributed by atoms with E-state index in [9.17, 15) is 9.90 Å². The van der Waals surface area contributed by atoms with Crippen molar-refractivity contribution in [2.75, 3.05) is 7.11 Å². The number of amides is 1. The zero-order valence-electron chi connectivity index (χ0n) is 13.5. The molecule has 0 aliphatic rings. The van der Waals surface area contributed by atoms with Crippen LogP contribution in [0.5, 0.6) is 11.5 Å². The van der Waals surface area contributed by atoms with Gasteiger partial charge in [0, 0.05) is 13.0 Å². The molecule has 0 spiro atoms. The molecular formula is C18H25NO3. The minimum atomic E-state index is 0.00420. The number of ether oxygens (including phenoxy) is 1. The molecule has 120 valence electrons. The molecule has 0 radical (unpaired) electrons. The summed E-state index contributed by atoms with van der Waals surface area (Å²) in [7, 11) is 1.50. The van der Waals surface area contributed by atoms with Crippen LogP contribution in [-0.4, -0.2) is 18.1 Å². The zero-order valence-corrected chi connectivity index (χ0v) is 13.5. The van der Waals surface area contributed by atoms with Crippen LogP contribution in [0.25, 0.3) is 0 Å². The maximum Gasteiger partial charge on any atom is 0.220 e. The van der Waals surface area contributed by atoms with Crippen molar-refractivity contribution in [3.63, 3.8) is 0 Å². The molecule has 0 aliphatic carbocycles. The van der Waals surface area contributed by atoms with Crippen molar-refractivity contribution in [2.45, 2.75) is 33.2 Å². The molecule has 4 heteroatoms. The summed E-state index contributed by atoms with van der Waals surface area (Å²) in [6.45, 7) is 4.67. The highest BCUT2D eigenvalue weighted by Crippen LogP contribution is 2.26. The maximum absolute atomic E-state index is 11.7. The summed E-state index contributed by atoms with van der Waals surface area (Å²) in [4.78, 5) is 11.7. The molecule has 0 aliphatic heterocycles. The van der Waals surface area contributed by atoms with Crippen LogP contribution in [0.2, 0.25) is 0 Å². The number of nitrogens with one attached hydrogen (secondary N) is 1. The van der Waals surface area contributed by atoms with Gasteiger partial charge >= 0.3 is 0 Å². The van der Waals surface area contributed by atoms with Crippen molar-refractivity contribution in [1.29, 1.82) is 0 Å². The Balaban J connectivity index is 2.31. The molecule has 0 bridgehead atoms. The number of rotatable bonds is 8. The molecular weight excluding hydrogens is 278 g/mol. The van der Waals surface area contributed by atoms with Gasteiger partial charge in [0.05, 0.1) is 7.11 Å². The van der Waals surface area contributed by atoms with Gasteiger partial charge in [0.1, 0.15) is 0 Å². The first-order valence-electron chi connectivity index (χ1n) is 7.49. The summed E-state index contributed by atoms with van der Waals surface area (Å²) in [6.07, 6.45) is 9.24. The van der Waals surface area contributed by atoms with Gasteiger partial charge in [0.15, 0.2) is 11.5 Å². The number of carbonyl (C=O) groups excluding carboxylic acids is 1. The van der Waals surface area contributed by atoms with Crippen LogP contribution < -0.4 is 10.1 Å². The lowest BCUT2D eigenvalue weighted by Gasteiger charge is -2.08. The number of hydrogen-bond donors (Lipinski definition) is 2. The highest BCUT2D eigenvalue weighted by molar-refractivity contribution is 5.76. The Morgan fingerprint density at radius 2 is 2.14 bits per heavy atom. The molecule has 4 nitrogen and oxygen atoms in total. The first-order valence-corrected chi connectivity index (χ1v) is 7.49. The van der Waals surface area contributed by atoms with E-state index in [2.05, 4.69) is 25.2 Å². The van der Waals surface area contributed by atoms with E-state index in [1.165, 1.54) is 7.11 Å². The Hall–Kier alpha value is -2.23. The normalized spacial score (nSPS) is 11.5. The quantitative estimate of drug-likeness (QED) is 0.722. The molecule has 0 heterocycles. The predicted molar refractivity (Wildman–Crippen MR) is 88.9 cm³/mol. The lowest BCUT2D eigenvalue weighted by atomic mass is 10.2. The van der Waals surface area contributed by atoms with Crippen molar-refractivity contribution in [2.24, 2.45) is 5.92 Å². The van der Waals surface area contributed by atoms with E-state index in [1.54, 1.807) is 18.2 Å². The van der Waals surface area contributed by atoms with E-state index in [0.29, 0.717) is 31.1 Å². The molecule has 2 N–H and O–H groups in total. The highest BCUT2D eigenvalue weighted by atomic mass is 16.5. The second-order valence-electron chi connectivity index (χ2n) is 5.38. The molecule has 1 aromatic carbocycles. The molecule has 1 amide bonds. The fourth-order valence-electron chi connectivity index (χ4n) is 1.80. The molecule has 0 saturated heterocycles. The van der Waals surface area contributed by atoms with E-state index in [1.807, 2.05) is 18.2 Å². The monoisotopic (exact) mass is 303 g/mol. The molecule has 0 aromatic heterocycles. The fourth-order valence-corrected chi connectivity index (χ4v) is 1.80. The van der Waals surface area contributed by atoms with Gasteiger partial charge in [0.25, 0.3) is 0 Å². The number of allylic oxidation sites excluding steroid dienone is 4. The third-order valence-electron chi connectivity index (χ3n) is 3.02. The second kappa shape index (κ2) is 9.66. The van der Waals surface area contributed by atoms with Crippen molar-refractivity contribution in [3.8, 4) is 11.5 Å². The average Bonchev–Trinajstić information content (AvgIpc) is 2.49. The van der Waals surface area contributed by atoms with Crippen LogP contribution in [0.15, 0.2) is 42.5 Å². The van der Waals surface area contributed by atoms with Crippen molar-refractivity contribution in [1.82, 2.24) is 5.32 Å². The number of methoxy groups -OCH3 is 1. The van der Waals surface area contributed by atoms with E-state index >= 15 is 0 Å². The number of phenolic OH excluding ortho intramolecular Hbond substituents is 1. The van der Waals surface area contributed by atoms with E-state index in [4.69, 9.17) is 4.74 Å². The lowest BCUT2D eigenvalue weighted by molar-refractivity contribution is -0.121. The third-order valence-corrected chi connectivity index (χ3v) is 3.02. The van der Waals surface area contributed by atoms with E-state index in [-0.39, 0.29) is 11.7 Å². The molecule has 22 heavy (non-hydrogen) atoms. The largest absolute Gasteiger partial charge is 0.504 e. The minimum Gasteiger partial charge on any atom is -0.504 e. The third kappa shape index (κ3) is 6.97. The summed E-state index contributed by atoms with van der Waals surface area (Å²) in [5, 5.41) is 12.4. The Kier molecular flexibility index (Phi) is 7.83. The van der Waals surface area contributed by atoms with Crippen LogP contribution >= 0.6 is 0 Å². The summed E-state index contributed by atoms with van der Waals surface area (Å²) in [5.74, 6) is 1.04. The topological polar surface area (TPSA) is 58.6 Å². The Morgan fingerprint density at radius 3 is 2.82 bits per heavy atom. The Morgan fingerprint density at radius 1 is 1.36 bits per heavy atom. The van der Waals surface area contributed by atoms with Gasteiger partial charge < -0.3 is 15.2 Å². The van der Waals surface area contributed by atoms with Gasteiger partial charge in [-0.2, -0.15) is 0 Å². The first-order chi connectivity index (χ1) is 10.5. The number of phenols is 1. The van der Waals surface area contributed by atoms with E-state index < -0.39 is 0 Å². The van der Waals surface area contributed by atoms with Crippen LogP contribution in [-0.2, 0) is 11.3 Å². The SMILES string of the molecule is COc1cc(CNC(=O)CC/C=C/C=C\C(C)C)ccc1O. The summed E-state index contributed by atoms with van der Waals surface area (Å²) >= 11 is 0. The highest BCUT2D eigenvalue weighted by Gasteiger charge is 2.04. The standard InChI is InChI=1S/C18H25NO3/c1-14(2)8-6-4-5-7-9-18(21)19-13-15-10-11-16(20)17(12-15)22-3/h4-6,8,10-12,14,20H,7,9,13H2,1-3H3,(H,19,21)/b5-4+,8-6-. The van der Waals surface area contributed by atoms with Gasteiger partial charge in [0.2, 0.25) is 5.91 Å². The molecule has 0 saturated carbocycles. The maximum atomic E-state index is 11.7. The predicted octanol–water partition coefficient (Wildman–Crippen LogP) is 3.57. The summed E-state index contributed by atoms with van der Waals surface area (Å²) in [5.41, 5.74) is 0.887. The Labute approximate surface area is 132 Å². The molecule has 0 atom stereocenters. The smallest absolute Gasteiger partial charge is 0.220 e. The van der Waals surface area contributed by atoms with Crippen LogP contribution in [0.3, 0.4) is 0 Å². The summed E-state index contributed by atoms with van der Waals surface area (Å²) in [6, 6.07) is 5.03. The minimum absolute atomic E-state index is 0.00420. The number of benzene rings is 1. The lowest BCUT2D eigenvalue weighted by Crippen LogP contribution is -2.22. The molecule has 0 unspecified atom stereocenters.